The van der Waals surface area contributed by atoms with E-state index in [0.717, 1.165) is 0 Å². The van der Waals surface area contributed by atoms with Gasteiger partial charge >= 0.3 is 5.95 Å². The summed E-state index contributed by atoms with van der Waals surface area (Å²) in [4.78, 5) is 13.4. The van der Waals surface area contributed by atoms with Crippen LogP contribution in [0.15, 0.2) is 12.4 Å². The van der Waals surface area contributed by atoms with Crippen molar-refractivity contribution in [3.8, 4) is 23.7 Å². The lowest BCUT2D eigenvalue weighted by Gasteiger charge is -1.94. The molecule has 0 amide bonds. The third-order valence-electron chi connectivity index (χ3n) is 1.42. The molecule has 0 aliphatic carbocycles. The van der Waals surface area contributed by atoms with E-state index < -0.39 is 4.92 Å². The summed E-state index contributed by atoms with van der Waals surface area (Å²) in [7, 11) is 0. The number of aliphatic hydroxyl groups is 1. The molecule has 0 aromatic carbocycles. The van der Waals surface area contributed by atoms with Crippen LogP contribution in [0, 0.1) is 33.8 Å². The zero-order valence-electron chi connectivity index (χ0n) is 7.67. The zero-order chi connectivity index (χ0) is 11.1. The highest BCUT2D eigenvalue weighted by molar-refractivity contribution is 5.26. The van der Waals surface area contributed by atoms with E-state index in [1.165, 1.54) is 17.0 Å². The molecule has 0 radical (unpaired) electrons. The summed E-state index contributed by atoms with van der Waals surface area (Å²) in [5.41, 5.74) is 0. The molecular weight excluding hydrogens is 198 g/mol. The van der Waals surface area contributed by atoms with Crippen molar-refractivity contribution in [2.75, 3.05) is 6.61 Å². The molecular formula is C9H7N3O3. The van der Waals surface area contributed by atoms with Crippen molar-refractivity contribution >= 4 is 5.95 Å². The predicted molar refractivity (Wildman–Crippen MR) is 51.5 cm³/mol. The van der Waals surface area contributed by atoms with E-state index in [9.17, 15) is 10.1 Å². The van der Waals surface area contributed by atoms with Gasteiger partial charge in [-0.2, -0.15) is 0 Å². The van der Waals surface area contributed by atoms with E-state index in [1.54, 1.807) is 0 Å². The van der Waals surface area contributed by atoms with Crippen molar-refractivity contribution < 1.29 is 10.0 Å². The smallest absolute Gasteiger partial charge is 0.390 e. The fraction of sp³-hybridized carbons (Fsp3) is 0.222. The lowest BCUT2D eigenvalue weighted by atomic mass is 10.5. The molecule has 0 aliphatic heterocycles. The Hall–Kier alpha value is -2.31. The standard InChI is InChI=1S/C9H7N3O3/c13-8-4-2-1-3-6-11-7-5-10-9(11)12(14)15/h5,7,13H,6,8H2. The van der Waals surface area contributed by atoms with Crippen molar-refractivity contribution in [1.82, 2.24) is 9.55 Å². The Kier molecular flexibility index (Phi) is 3.90. The number of imidazole rings is 1. The molecule has 0 unspecified atom stereocenters. The molecule has 6 heteroatoms. The first-order chi connectivity index (χ1) is 7.25. The number of hydrogen-bond acceptors (Lipinski definition) is 4. The highest BCUT2D eigenvalue weighted by Crippen LogP contribution is 2.05. The average molecular weight is 205 g/mol. The van der Waals surface area contributed by atoms with E-state index >= 15 is 0 Å². The second-order valence-electron chi connectivity index (χ2n) is 2.37. The largest absolute Gasteiger partial charge is 0.435 e. The number of rotatable bonds is 2. The van der Waals surface area contributed by atoms with Crippen LogP contribution < -0.4 is 0 Å². The van der Waals surface area contributed by atoms with Gasteiger partial charge in [0.25, 0.3) is 0 Å². The van der Waals surface area contributed by atoms with Crippen molar-refractivity contribution in [3.05, 3.63) is 22.5 Å². The molecule has 6 nitrogen and oxygen atoms in total. The molecule has 1 heterocycles. The molecule has 76 valence electrons. The van der Waals surface area contributed by atoms with Crippen molar-refractivity contribution in [1.29, 1.82) is 0 Å². The summed E-state index contributed by atoms with van der Waals surface area (Å²) in [6, 6.07) is 0. The first kappa shape index (κ1) is 10.8. The lowest BCUT2D eigenvalue weighted by Crippen LogP contribution is -2.01. The maximum absolute atomic E-state index is 10.4. The number of aliphatic hydroxyl groups excluding tert-OH is 1. The molecule has 1 N–H and O–H groups in total. The van der Waals surface area contributed by atoms with Crippen molar-refractivity contribution in [2.45, 2.75) is 6.54 Å². The van der Waals surface area contributed by atoms with E-state index in [1.807, 2.05) is 0 Å². The van der Waals surface area contributed by atoms with E-state index in [4.69, 9.17) is 5.11 Å². The van der Waals surface area contributed by atoms with Gasteiger partial charge < -0.3 is 15.2 Å². The third kappa shape index (κ3) is 3.14. The van der Waals surface area contributed by atoms with E-state index in [-0.39, 0.29) is 19.1 Å². The fourth-order valence-electron chi connectivity index (χ4n) is 0.849. The summed E-state index contributed by atoms with van der Waals surface area (Å²) in [6.07, 6.45) is 2.80. The maximum Gasteiger partial charge on any atom is 0.435 e. The monoisotopic (exact) mass is 205 g/mol. The first-order valence-electron chi connectivity index (χ1n) is 3.98. The second kappa shape index (κ2) is 5.43. The van der Waals surface area contributed by atoms with Gasteiger partial charge in [0.2, 0.25) is 0 Å². The molecule has 0 atom stereocenters. The fourth-order valence-corrected chi connectivity index (χ4v) is 0.849. The molecule has 1 aromatic rings. The lowest BCUT2D eigenvalue weighted by molar-refractivity contribution is -0.396. The number of nitrogens with zero attached hydrogens (tertiary/aromatic N) is 3. The molecule has 15 heavy (non-hydrogen) atoms. The van der Waals surface area contributed by atoms with Gasteiger partial charge in [-0.1, -0.05) is 16.8 Å². The topological polar surface area (TPSA) is 81.2 Å². The molecule has 0 saturated heterocycles. The van der Waals surface area contributed by atoms with Crippen LogP contribution in [-0.2, 0) is 6.54 Å². The Labute approximate surface area is 85.7 Å². The van der Waals surface area contributed by atoms with Gasteiger partial charge in [-0.05, 0) is 16.8 Å². The van der Waals surface area contributed by atoms with Crippen molar-refractivity contribution in [2.24, 2.45) is 0 Å². The Balaban J connectivity index is 2.68. The molecule has 0 spiro atoms. The molecule has 0 saturated carbocycles. The minimum Gasteiger partial charge on any atom is -0.390 e. The van der Waals surface area contributed by atoms with Crippen molar-refractivity contribution in [3.63, 3.8) is 0 Å². The van der Waals surface area contributed by atoms with Crippen LogP contribution in [0.1, 0.15) is 0 Å². The van der Waals surface area contributed by atoms with Crippen LogP contribution in [-0.4, -0.2) is 26.2 Å². The van der Waals surface area contributed by atoms with E-state index in [0.29, 0.717) is 0 Å². The van der Waals surface area contributed by atoms with Gasteiger partial charge in [0, 0.05) is 0 Å². The Bertz CT molecular complexity index is 470. The van der Waals surface area contributed by atoms with Crippen LogP contribution >= 0.6 is 0 Å². The van der Waals surface area contributed by atoms with E-state index in [2.05, 4.69) is 28.7 Å². The summed E-state index contributed by atoms with van der Waals surface area (Å²) < 4.78 is 1.30. The second-order valence-corrected chi connectivity index (χ2v) is 2.37. The van der Waals surface area contributed by atoms with Gasteiger partial charge in [-0.25, -0.2) is 4.57 Å². The molecule has 0 fully saturated rings. The minimum atomic E-state index is -0.582. The number of aromatic nitrogens is 2. The molecule has 1 rings (SSSR count). The SMILES string of the molecule is O=[N+]([O-])c1nccn1CC#CC#CCO. The summed E-state index contributed by atoms with van der Waals surface area (Å²) in [6.45, 7) is -0.101. The normalized spacial score (nSPS) is 8.33. The average Bonchev–Trinajstić information content (AvgIpc) is 2.66. The summed E-state index contributed by atoms with van der Waals surface area (Å²) in [5.74, 6) is 9.52. The molecule has 0 bridgehead atoms. The predicted octanol–water partition coefficient (Wildman–Crippen LogP) is -0.210. The highest BCUT2D eigenvalue weighted by atomic mass is 16.6. The minimum absolute atomic E-state index is 0.149. The number of nitro groups is 1. The van der Waals surface area contributed by atoms with Crippen LogP contribution in [0.25, 0.3) is 0 Å². The van der Waals surface area contributed by atoms with Gasteiger partial charge in [0.15, 0.2) is 0 Å². The summed E-state index contributed by atoms with van der Waals surface area (Å²) in [5, 5.41) is 18.8. The Morgan fingerprint density at radius 1 is 1.53 bits per heavy atom. The molecule has 0 aliphatic rings. The van der Waals surface area contributed by atoms with Gasteiger partial charge in [0.05, 0.1) is 0 Å². The van der Waals surface area contributed by atoms with Crippen LogP contribution in [0.2, 0.25) is 0 Å². The number of hydrogen-bond donors (Lipinski definition) is 1. The van der Waals surface area contributed by atoms with Crippen LogP contribution in [0.4, 0.5) is 5.95 Å². The van der Waals surface area contributed by atoms with Crippen LogP contribution in [0.3, 0.4) is 0 Å². The summed E-state index contributed by atoms with van der Waals surface area (Å²) >= 11 is 0. The first-order valence-corrected chi connectivity index (χ1v) is 3.98. The van der Waals surface area contributed by atoms with Crippen LogP contribution in [0.5, 0.6) is 0 Å². The Morgan fingerprint density at radius 2 is 2.27 bits per heavy atom. The van der Waals surface area contributed by atoms with Gasteiger partial charge in [0.1, 0.15) is 25.5 Å². The van der Waals surface area contributed by atoms with Gasteiger partial charge in [-0.15, -0.1) is 0 Å². The molecule has 1 aromatic heterocycles. The highest BCUT2D eigenvalue weighted by Gasteiger charge is 2.11. The van der Waals surface area contributed by atoms with Gasteiger partial charge in [-0.3, -0.25) is 0 Å². The Morgan fingerprint density at radius 3 is 2.93 bits per heavy atom. The quantitative estimate of drug-likeness (QED) is 0.411. The third-order valence-corrected chi connectivity index (χ3v) is 1.42. The zero-order valence-corrected chi connectivity index (χ0v) is 7.67. The maximum atomic E-state index is 10.4.